The van der Waals surface area contributed by atoms with E-state index >= 15 is 0 Å². The smallest absolute Gasteiger partial charge is 0.338 e. The molecule has 0 fully saturated rings. The Kier molecular flexibility index (Phi) is 8.51. The predicted molar refractivity (Wildman–Crippen MR) is 145 cm³/mol. The minimum absolute atomic E-state index is 0.0764. The number of aromatic hydroxyl groups is 2. The van der Waals surface area contributed by atoms with Crippen molar-refractivity contribution >= 4 is 16.9 Å². The van der Waals surface area contributed by atoms with E-state index in [0.717, 1.165) is 47.7 Å². The van der Waals surface area contributed by atoms with Gasteiger partial charge in [0.2, 0.25) is 0 Å². The number of aliphatic hydroxyl groups excluding tert-OH is 1. The van der Waals surface area contributed by atoms with E-state index < -0.39 is 12.1 Å². The van der Waals surface area contributed by atoms with Crippen LogP contribution in [0.3, 0.4) is 0 Å². The number of aryl methyl sites for hydroxylation is 2. The first-order valence-electron chi connectivity index (χ1n) is 12.9. The Hall–Kier alpha value is -3.77. The summed E-state index contributed by atoms with van der Waals surface area (Å²) < 4.78 is 7.31. The summed E-state index contributed by atoms with van der Waals surface area (Å²) in [4.78, 5) is 12.3. The van der Waals surface area contributed by atoms with Crippen LogP contribution in [-0.2, 0) is 30.5 Å². The zero-order chi connectivity index (χ0) is 26.4. The van der Waals surface area contributed by atoms with Crippen LogP contribution in [0, 0.1) is 0 Å². The molecule has 3 N–H and O–H groups in total. The number of carbonyl (C=O) groups excluding carboxylic acids is 1. The molecule has 0 saturated heterocycles. The summed E-state index contributed by atoms with van der Waals surface area (Å²) in [6, 6.07) is 18.4. The Morgan fingerprint density at radius 2 is 1.70 bits per heavy atom. The van der Waals surface area contributed by atoms with E-state index in [2.05, 4.69) is 26.0 Å². The normalized spacial score (nSPS) is 12.1. The molecule has 1 heterocycles. The zero-order valence-electron chi connectivity index (χ0n) is 21.5. The van der Waals surface area contributed by atoms with Crippen molar-refractivity contribution in [2.24, 2.45) is 0 Å². The molecule has 0 saturated carbocycles. The average Bonchev–Trinajstić information content (AvgIpc) is 3.24. The summed E-state index contributed by atoms with van der Waals surface area (Å²) in [6.07, 6.45) is 5.07. The third-order valence-electron chi connectivity index (χ3n) is 6.72. The molecule has 0 aliphatic rings. The van der Waals surface area contributed by atoms with Crippen LogP contribution in [-0.4, -0.2) is 38.6 Å². The SMILES string of the molecule is CCCCc1cc(O)c(Cn2cc(C[C@H](O)COC(=O)c3ccccc3)c3cc(CC)ccc32)c(O)c1. The van der Waals surface area contributed by atoms with Crippen molar-refractivity contribution in [2.45, 2.75) is 58.6 Å². The lowest BCUT2D eigenvalue weighted by Crippen LogP contribution is -2.21. The molecule has 4 aromatic rings. The maximum Gasteiger partial charge on any atom is 0.338 e. The monoisotopic (exact) mass is 501 g/mol. The first kappa shape index (κ1) is 26.3. The van der Waals surface area contributed by atoms with E-state index in [1.54, 1.807) is 36.4 Å². The third kappa shape index (κ3) is 6.33. The number of rotatable bonds is 11. The molecule has 1 atom stereocenters. The standard InChI is InChI=1S/C31H35NO5/c1-3-5-9-22-15-29(34)27(30(35)16-22)19-32-18-24(26-14-21(4-2)12-13-28(26)32)17-25(33)20-37-31(36)23-10-7-6-8-11-23/h6-8,10-16,18,25,33-35H,3-5,9,17,19-20H2,1-2H3/t25-/m0/s1. The summed E-state index contributed by atoms with van der Waals surface area (Å²) in [5, 5.41) is 33.1. The fraction of sp³-hybridized carbons (Fsp3) is 0.323. The van der Waals surface area contributed by atoms with Gasteiger partial charge < -0.3 is 24.6 Å². The number of aromatic nitrogens is 1. The maximum absolute atomic E-state index is 12.3. The minimum Gasteiger partial charge on any atom is -0.507 e. The summed E-state index contributed by atoms with van der Waals surface area (Å²) in [6.45, 7) is 4.37. The Morgan fingerprint density at radius 1 is 0.973 bits per heavy atom. The van der Waals surface area contributed by atoms with E-state index in [1.807, 2.05) is 22.9 Å². The molecule has 194 valence electrons. The lowest BCUT2D eigenvalue weighted by molar-refractivity contribution is 0.0259. The lowest BCUT2D eigenvalue weighted by Gasteiger charge is -2.12. The number of unbranched alkanes of at least 4 members (excludes halogenated alkanes) is 1. The van der Waals surface area contributed by atoms with Crippen molar-refractivity contribution in [3.8, 4) is 11.5 Å². The summed E-state index contributed by atoms with van der Waals surface area (Å²) in [7, 11) is 0. The largest absolute Gasteiger partial charge is 0.507 e. The molecule has 0 amide bonds. The van der Waals surface area contributed by atoms with Crippen LogP contribution >= 0.6 is 0 Å². The molecule has 37 heavy (non-hydrogen) atoms. The number of aliphatic hydroxyl groups is 1. The highest BCUT2D eigenvalue weighted by molar-refractivity contribution is 5.89. The number of hydrogen-bond donors (Lipinski definition) is 3. The summed E-state index contributed by atoms with van der Waals surface area (Å²) >= 11 is 0. The van der Waals surface area contributed by atoms with Gasteiger partial charge in [-0.05, 0) is 72.4 Å². The van der Waals surface area contributed by atoms with Crippen molar-refractivity contribution in [3.63, 3.8) is 0 Å². The van der Waals surface area contributed by atoms with E-state index in [0.29, 0.717) is 17.5 Å². The molecule has 0 unspecified atom stereocenters. The molecule has 6 heteroatoms. The van der Waals surface area contributed by atoms with Gasteiger partial charge in [-0.2, -0.15) is 0 Å². The fourth-order valence-corrected chi connectivity index (χ4v) is 4.63. The van der Waals surface area contributed by atoms with Crippen LogP contribution in [0.15, 0.2) is 66.9 Å². The molecule has 0 spiro atoms. The molecule has 0 radical (unpaired) electrons. The average molecular weight is 502 g/mol. The molecule has 4 rings (SSSR count). The number of phenols is 2. The number of nitrogens with zero attached hydrogens (tertiary/aromatic N) is 1. The van der Waals surface area contributed by atoms with Gasteiger partial charge in [-0.3, -0.25) is 0 Å². The summed E-state index contributed by atoms with van der Waals surface area (Å²) in [5.41, 5.74) is 4.84. The van der Waals surface area contributed by atoms with Crippen LogP contribution in [0.2, 0.25) is 0 Å². The molecule has 0 bridgehead atoms. The first-order valence-corrected chi connectivity index (χ1v) is 12.9. The predicted octanol–water partition coefficient (Wildman–Crippen LogP) is 5.77. The van der Waals surface area contributed by atoms with Crippen molar-refractivity contribution in [1.29, 1.82) is 0 Å². The second-order valence-electron chi connectivity index (χ2n) is 9.53. The quantitative estimate of drug-likeness (QED) is 0.227. The molecule has 1 aromatic heterocycles. The highest BCUT2D eigenvalue weighted by Gasteiger charge is 2.18. The topological polar surface area (TPSA) is 91.9 Å². The van der Waals surface area contributed by atoms with Crippen LogP contribution in [0.5, 0.6) is 11.5 Å². The molecule has 0 aliphatic carbocycles. The second kappa shape index (κ2) is 12.0. The van der Waals surface area contributed by atoms with Crippen LogP contribution in [0.1, 0.15) is 59.3 Å². The molecule has 6 nitrogen and oxygen atoms in total. The Balaban J connectivity index is 1.56. The highest BCUT2D eigenvalue weighted by atomic mass is 16.5. The van der Waals surface area contributed by atoms with Crippen LogP contribution in [0.4, 0.5) is 0 Å². The number of ether oxygens (including phenoxy) is 1. The lowest BCUT2D eigenvalue weighted by atomic mass is 10.0. The van der Waals surface area contributed by atoms with Crippen LogP contribution in [0.25, 0.3) is 10.9 Å². The Labute approximate surface area is 217 Å². The number of fused-ring (bicyclic) bond motifs is 1. The maximum atomic E-state index is 12.3. The van der Waals surface area contributed by atoms with Crippen molar-refractivity contribution < 1.29 is 24.9 Å². The van der Waals surface area contributed by atoms with Gasteiger partial charge in [0, 0.05) is 23.5 Å². The minimum atomic E-state index is -0.878. The second-order valence-corrected chi connectivity index (χ2v) is 9.53. The fourth-order valence-electron chi connectivity index (χ4n) is 4.63. The highest BCUT2D eigenvalue weighted by Crippen LogP contribution is 2.33. The van der Waals surface area contributed by atoms with Crippen LogP contribution < -0.4 is 0 Å². The van der Waals surface area contributed by atoms with E-state index in [9.17, 15) is 20.1 Å². The molecular formula is C31H35NO5. The number of benzene rings is 3. The number of esters is 1. The van der Waals surface area contributed by atoms with E-state index in [-0.39, 0.29) is 24.7 Å². The summed E-state index contributed by atoms with van der Waals surface area (Å²) in [5.74, 6) is -0.316. The first-order chi connectivity index (χ1) is 17.9. The molecule has 3 aromatic carbocycles. The van der Waals surface area contributed by atoms with Gasteiger partial charge in [0.15, 0.2) is 0 Å². The van der Waals surface area contributed by atoms with Gasteiger partial charge in [0.25, 0.3) is 0 Å². The van der Waals surface area contributed by atoms with Gasteiger partial charge in [0.1, 0.15) is 18.1 Å². The number of hydrogen-bond acceptors (Lipinski definition) is 5. The van der Waals surface area contributed by atoms with Crippen molar-refractivity contribution in [3.05, 3.63) is 94.7 Å². The van der Waals surface area contributed by atoms with E-state index in [4.69, 9.17) is 4.74 Å². The third-order valence-corrected chi connectivity index (χ3v) is 6.72. The Bertz CT molecular complexity index is 1340. The number of phenolic OH excluding ortho intramolecular Hbond substituents is 2. The van der Waals surface area contributed by atoms with E-state index in [1.165, 1.54) is 5.56 Å². The van der Waals surface area contributed by atoms with Gasteiger partial charge in [0.05, 0.1) is 23.8 Å². The van der Waals surface area contributed by atoms with Crippen molar-refractivity contribution in [2.75, 3.05) is 6.61 Å². The molecular weight excluding hydrogens is 466 g/mol. The van der Waals surface area contributed by atoms with Gasteiger partial charge in [-0.25, -0.2) is 4.79 Å². The van der Waals surface area contributed by atoms with Gasteiger partial charge in [-0.1, -0.05) is 44.5 Å². The zero-order valence-corrected chi connectivity index (χ0v) is 21.5. The molecule has 0 aliphatic heterocycles. The van der Waals surface area contributed by atoms with Gasteiger partial charge >= 0.3 is 5.97 Å². The number of carbonyl (C=O) groups is 1. The van der Waals surface area contributed by atoms with Gasteiger partial charge in [-0.15, -0.1) is 0 Å². The Morgan fingerprint density at radius 3 is 2.38 bits per heavy atom. The van der Waals surface area contributed by atoms with Crippen molar-refractivity contribution in [1.82, 2.24) is 4.57 Å².